The molecule has 0 aliphatic heterocycles. The first-order chi connectivity index (χ1) is 9.45. The predicted molar refractivity (Wildman–Crippen MR) is 72.3 cm³/mol. The van der Waals surface area contributed by atoms with Crippen molar-refractivity contribution in [2.45, 2.75) is 25.3 Å². The molecule has 2 rings (SSSR count). The zero-order valence-corrected chi connectivity index (χ0v) is 11.3. The molecule has 1 atom stereocenters. The van der Waals surface area contributed by atoms with Gasteiger partial charge in [-0.15, -0.1) is 0 Å². The standard InChI is InChI=1S/C13H14ClFN2O3/c14-9-4-3-8(15)5-11(9)17-13(20)16-10(6-12(18)19)7-1-2-7/h3-5,7,10H,1-2,6H2,(H,18,19)(H2,16,17,20). The molecular formula is C13H14ClFN2O3. The summed E-state index contributed by atoms with van der Waals surface area (Å²) in [6.45, 7) is 0. The number of aliphatic carboxylic acids is 1. The Morgan fingerprint density at radius 2 is 2.15 bits per heavy atom. The minimum atomic E-state index is -0.967. The molecule has 0 saturated heterocycles. The van der Waals surface area contributed by atoms with Gasteiger partial charge in [-0.3, -0.25) is 4.79 Å². The summed E-state index contributed by atoms with van der Waals surface area (Å²) in [5.74, 6) is -1.29. The fraction of sp³-hybridized carbons (Fsp3) is 0.385. The summed E-state index contributed by atoms with van der Waals surface area (Å²) < 4.78 is 13.1. The van der Waals surface area contributed by atoms with Crippen molar-refractivity contribution in [3.63, 3.8) is 0 Å². The van der Waals surface area contributed by atoms with Crippen LogP contribution in [-0.2, 0) is 4.79 Å². The van der Waals surface area contributed by atoms with Crippen LogP contribution in [0.1, 0.15) is 19.3 Å². The van der Waals surface area contributed by atoms with E-state index in [9.17, 15) is 14.0 Å². The molecule has 1 aromatic rings. The van der Waals surface area contributed by atoms with E-state index in [-0.39, 0.29) is 23.0 Å². The van der Waals surface area contributed by atoms with E-state index in [1.807, 2.05) is 0 Å². The highest BCUT2D eigenvalue weighted by atomic mass is 35.5. The summed E-state index contributed by atoms with van der Waals surface area (Å²) in [5.41, 5.74) is 0.147. The molecule has 1 fully saturated rings. The third-order valence-electron chi connectivity index (χ3n) is 3.08. The maximum absolute atomic E-state index is 13.1. The molecule has 108 valence electrons. The number of halogens is 2. The maximum atomic E-state index is 13.1. The van der Waals surface area contributed by atoms with Crippen LogP contribution in [0.15, 0.2) is 18.2 Å². The highest BCUT2D eigenvalue weighted by Gasteiger charge is 2.33. The van der Waals surface area contributed by atoms with E-state index in [0.29, 0.717) is 0 Å². The van der Waals surface area contributed by atoms with Gasteiger partial charge in [0.05, 0.1) is 17.1 Å². The third kappa shape index (κ3) is 4.09. The highest BCUT2D eigenvalue weighted by Crippen LogP contribution is 2.34. The average Bonchev–Trinajstić information content (AvgIpc) is 3.16. The van der Waals surface area contributed by atoms with E-state index in [4.69, 9.17) is 16.7 Å². The first-order valence-electron chi connectivity index (χ1n) is 6.20. The third-order valence-corrected chi connectivity index (χ3v) is 3.41. The van der Waals surface area contributed by atoms with Gasteiger partial charge in [0.15, 0.2) is 0 Å². The lowest BCUT2D eigenvalue weighted by atomic mass is 10.1. The number of carbonyl (C=O) groups is 2. The molecule has 0 spiro atoms. The Balaban J connectivity index is 1.96. The lowest BCUT2D eigenvalue weighted by Crippen LogP contribution is -2.40. The summed E-state index contributed by atoms with van der Waals surface area (Å²) in [6, 6.07) is 2.62. The molecule has 1 aliphatic rings. The molecule has 7 heteroatoms. The number of rotatable bonds is 5. The fourth-order valence-corrected chi connectivity index (χ4v) is 2.11. The van der Waals surface area contributed by atoms with Crippen LogP contribution in [0.4, 0.5) is 14.9 Å². The largest absolute Gasteiger partial charge is 0.481 e. The molecule has 20 heavy (non-hydrogen) atoms. The predicted octanol–water partition coefficient (Wildman–Crippen LogP) is 2.85. The first kappa shape index (κ1) is 14.6. The molecule has 1 unspecified atom stereocenters. The number of carboxylic acids is 1. The second kappa shape index (κ2) is 6.09. The number of amides is 2. The summed E-state index contributed by atoms with van der Waals surface area (Å²) in [4.78, 5) is 22.5. The number of urea groups is 1. The van der Waals surface area contributed by atoms with E-state index in [0.717, 1.165) is 18.9 Å². The molecule has 0 heterocycles. The number of benzene rings is 1. The zero-order chi connectivity index (χ0) is 14.7. The summed E-state index contributed by atoms with van der Waals surface area (Å²) in [7, 11) is 0. The van der Waals surface area contributed by atoms with Gasteiger partial charge in [0.2, 0.25) is 0 Å². The van der Waals surface area contributed by atoms with Gasteiger partial charge in [0.25, 0.3) is 0 Å². The second-order valence-corrected chi connectivity index (χ2v) is 5.17. The molecule has 0 bridgehead atoms. The molecule has 5 nitrogen and oxygen atoms in total. The molecule has 2 amide bonds. The van der Waals surface area contributed by atoms with Crippen LogP contribution in [0.5, 0.6) is 0 Å². The van der Waals surface area contributed by atoms with E-state index in [1.54, 1.807) is 0 Å². The van der Waals surface area contributed by atoms with Crippen LogP contribution in [-0.4, -0.2) is 23.1 Å². The van der Waals surface area contributed by atoms with Gasteiger partial charge in [0, 0.05) is 6.04 Å². The summed E-state index contributed by atoms with van der Waals surface area (Å²) >= 11 is 5.83. The molecule has 1 aromatic carbocycles. The van der Waals surface area contributed by atoms with Crippen LogP contribution in [0, 0.1) is 11.7 Å². The molecular weight excluding hydrogens is 287 g/mol. The van der Waals surface area contributed by atoms with Gasteiger partial charge < -0.3 is 15.7 Å². The lowest BCUT2D eigenvalue weighted by molar-refractivity contribution is -0.137. The Morgan fingerprint density at radius 3 is 2.75 bits per heavy atom. The van der Waals surface area contributed by atoms with Crippen molar-refractivity contribution >= 4 is 29.3 Å². The van der Waals surface area contributed by atoms with E-state index >= 15 is 0 Å². The van der Waals surface area contributed by atoms with Crippen LogP contribution >= 0.6 is 11.6 Å². The van der Waals surface area contributed by atoms with Crippen molar-refractivity contribution < 1.29 is 19.1 Å². The van der Waals surface area contributed by atoms with Crippen molar-refractivity contribution in [1.29, 1.82) is 0 Å². The van der Waals surface area contributed by atoms with Gasteiger partial charge in [-0.05, 0) is 37.0 Å². The van der Waals surface area contributed by atoms with E-state index in [2.05, 4.69) is 10.6 Å². The monoisotopic (exact) mass is 300 g/mol. The SMILES string of the molecule is O=C(O)CC(NC(=O)Nc1cc(F)ccc1Cl)C1CC1. The number of anilines is 1. The van der Waals surface area contributed by atoms with E-state index < -0.39 is 23.9 Å². The topological polar surface area (TPSA) is 78.4 Å². The van der Waals surface area contributed by atoms with Gasteiger partial charge in [0.1, 0.15) is 5.82 Å². The summed E-state index contributed by atoms with van der Waals surface area (Å²) in [5, 5.41) is 14.0. The number of hydrogen-bond donors (Lipinski definition) is 3. The van der Waals surface area contributed by atoms with Crippen molar-refractivity contribution in [1.82, 2.24) is 5.32 Å². The zero-order valence-electron chi connectivity index (χ0n) is 10.5. The Hall–Kier alpha value is -1.82. The number of nitrogens with one attached hydrogen (secondary N) is 2. The number of hydrogen-bond acceptors (Lipinski definition) is 2. The van der Waals surface area contributed by atoms with Gasteiger partial charge in [-0.25, -0.2) is 9.18 Å². The Labute approximate surface area is 120 Å². The van der Waals surface area contributed by atoms with Crippen molar-refractivity contribution in [2.24, 2.45) is 5.92 Å². The van der Waals surface area contributed by atoms with Crippen molar-refractivity contribution in [3.05, 3.63) is 29.0 Å². The number of carbonyl (C=O) groups excluding carboxylic acids is 1. The quantitative estimate of drug-likeness (QED) is 0.782. The van der Waals surface area contributed by atoms with Crippen LogP contribution < -0.4 is 10.6 Å². The Kier molecular flexibility index (Phi) is 4.44. The minimum absolute atomic E-state index is 0.130. The first-order valence-corrected chi connectivity index (χ1v) is 6.58. The second-order valence-electron chi connectivity index (χ2n) is 4.76. The van der Waals surface area contributed by atoms with Gasteiger partial charge in [-0.2, -0.15) is 0 Å². The fourth-order valence-electron chi connectivity index (χ4n) is 1.94. The molecule has 0 aromatic heterocycles. The van der Waals surface area contributed by atoms with Gasteiger partial charge >= 0.3 is 12.0 Å². The Bertz CT molecular complexity index is 534. The average molecular weight is 301 g/mol. The molecule has 1 saturated carbocycles. The summed E-state index contributed by atoms with van der Waals surface area (Å²) in [6.07, 6.45) is 1.67. The maximum Gasteiger partial charge on any atom is 0.319 e. The van der Waals surface area contributed by atoms with Crippen molar-refractivity contribution in [3.8, 4) is 0 Å². The van der Waals surface area contributed by atoms with E-state index in [1.165, 1.54) is 12.1 Å². The highest BCUT2D eigenvalue weighted by molar-refractivity contribution is 6.33. The lowest BCUT2D eigenvalue weighted by Gasteiger charge is -2.17. The number of carboxylic acid groups (broad SMARTS) is 1. The molecule has 1 aliphatic carbocycles. The normalized spacial score (nSPS) is 15.5. The van der Waals surface area contributed by atoms with Crippen LogP contribution in [0.25, 0.3) is 0 Å². The van der Waals surface area contributed by atoms with Crippen LogP contribution in [0.3, 0.4) is 0 Å². The molecule has 3 N–H and O–H groups in total. The minimum Gasteiger partial charge on any atom is -0.481 e. The smallest absolute Gasteiger partial charge is 0.319 e. The van der Waals surface area contributed by atoms with Crippen LogP contribution in [0.2, 0.25) is 5.02 Å². The molecule has 0 radical (unpaired) electrons. The van der Waals surface area contributed by atoms with Gasteiger partial charge in [-0.1, -0.05) is 11.6 Å². The Morgan fingerprint density at radius 1 is 1.45 bits per heavy atom. The van der Waals surface area contributed by atoms with Crippen molar-refractivity contribution in [2.75, 3.05) is 5.32 Å².